The molecule has 0 atom stereocenters. The first kappa shape index (κ1) is 9.97. The van der Waals surface area contributed by atoms with Crippen molar-refractivity contribution in [2.24, 2.45) is 5.92 Å². The SMILES string of the molecule is O=C(CC1CCOCC1)N1CCCC1. The van der Waals surface area contributed by atoms with Crippen LogP contribution in [0.15, 0.2) is 0 Å². The van der Waals surface area contributed by atoms with Gasteiger partial charge in [-0.05, 0) is 31.6 Å². The molecule has 3 nitrogen and oxygen atoms in total. The van der Waals surface area contributed by atoms with E-state index < -0.39 is 0 Å². The summed E-state index contributed by atoms with van der Waals surface area (Å²) in [5.41, 5.74) is 0. The van der Waals surface area contributed by atoms with Crippen molar-refractivity contribution in [2.45, 2.75) is 32.1 Å². The molecule has 0 unspecified atom stereocenters. The van der Waals surface area contributed by atoms with Crippen LogP contribution < -0.4 is 0 Å². The van der Waals surface area contributed by atoms with Crippen molar-refractivity contribution in [1.29, 1.82) is 0 Å². The molecule has 2 saturated heterocycles. The monoisotopic (exact) mass is 197 g/mol. The Morgan fingerprint density at radius 1 is 1.21 bits per heavy atom. The molecule has 0 aliphatic carbocycles. The van der Waals surface area contributed by atoms with Gasteiger partial charge in [0.15, 0.2) is 0 Å². The normalized spacial score (nSPS) is 24.1. The molecule has 0 radical (unpaired) electrons. The summed E-state index contributed by atoms with van der Waals surface area (Å²) in [7, 11) is 0. The van der Waals surface area contributed by atoms with Gasteiger partial charge in [0.2, 0.25) is 5.91 Å². The van der Waals surface area contributed by atoms with E-state index in [0.717, 1.165) is 45.6 Å². The van der Waals surface area contributed by atoms with Gasteiger partial charge in [-0.15, -0.1) is 0 Å². The van der Waals surface area contributed by atoms with Crippen molar-refractivity contribution < 1.29 is 9.53 Å². The predicted octanol–water partition coefficient (Wildman–Crippen LogP) is 1.43. The Kier molecular flexibility index (Phi) is 3.40. The lowest BCUT2D eigenvalue weighted by molar-refractivity contribution is -0.131. The summed E-state index contributed by atoms with van der Waals surface area (Å²) in [5, 5.41) is 0. The molecule has 0 aromatic rings. The zero-order chi connectivity index (χ0) is 9.80. The molecule has 0 aromatic carbocycles. The highest BCUT2D eigenvalue weighted by Crippen LogP contribution is 2.20. The minimum atomic E-state index is 0.370. The average Bonchev–Trinajstić information content (AvgIpc) is 2.72. The molecular formula is C11H19NO2. The number of hydrogen-bond donors (Lipinski definition) is 0. The van der Waals surface area contributed by atoms with Crippen LogP contribution in [0.5, 0.6) is 0 Å². The van der Waals surface area contributed by atoms with Crippen molar-refractivity contribution in [3.05, 3.63) is 0 Å². The maximum atomic E-state index is 11.8. The number of ether oxygens (including phenoxy) is 1. The maximum absolute atomic E-state index is 11.8. The lowest BCUT2D eigenvalue weighted by Gasteiger charge is -2.24. The van der Waals surface area contributed by atoms with Crippen LogP contribution >= 0.6 is 0 Å². The van der Waals surface area contributed by atoms with Crippen LogP contribution in [0.4, 0.5) is 0 Å². The Hall–Kier alpha value is -0.570. The number of hydrogen-bond acceptors (Lipinski definition) is 2. The molecule has 0 saturated carbocycles. The van der Waals surface area contributed by atoms with Crippen LogP contribution in [0.1, 0.15) is 32.1 Å². The summed E-state index contributed by atoms with van der Waals surface area (Å²) in [4.78, 5) is 13.8. The van der Waals surface area contributed by atoms with Gasteiger partial charge in [-0.2, -0.15) is 0 Å². The Bertz CT molecular complexity index is 193. The fraction of sp³-hybridized carbons (Fsp3) is 0.909. The van der Waals surface area contributed by atoms with Crippen LogP contribution in [0.3, 0.4) is 0 Å². The van der Waals surface area contributed by atoms with Gasteiger partial charge < -0.3 is 9.64 Å². The molecule has 0 aromatic heterocycles. The number of rotatable bonds is 2. The number of likely N-dealkylation sites (tertiary alicyclic amines) is 1. The van der Waals surface area contributed by atoms with Gasteiger partial charge in [-0.25, -0.2) is 0 Å². The second kappa shape index (κ2) is 4.78. The van der Waals surface area contributed by atoms with Crippen LogP contribution in [0, 0.1) is 5.92 Å². The fourth-order valence-corrected chi connectivity index (χ4v) is 2.29. The largest absolute Gasteiger partial charge is 0.381 e. The Morgan fingerprint density at radius 3 is 2.50 bits per heavy atom. The van der Waals surface area contributed by atoms with E-state index >= 15 is 0 Å². The molecule has 0 spiro atoms. The topological polar surface area (TPSA) is 29.5 Å². The molecule has 3 heteroatoms. The Labute approximate surface area is 85.4 Å². The van der Waals surface area contributed by atoms with Crippen molar-refractivity contribution in [2.75, 3.05) is 26.3 Å². The first-order chi connectivity index (χ1) is 6.86. The van der Waals surface area contributed by atoms with E-state index in [9.17, 15) is 4.79 Å². The van der Waals surface area contributed by atoms with E-state index in [2.05, 4.69) is 0 Å². The zero-order valence-corrected chi connectivity index (χ0v) is 8.71. The van der Waals surface area contributed by atoms with Gasteiger partial charge in [-0.3, -0.25) is 4.79 Å². The van der Waals surface area contributed by atoms with E-state index in [4.69, 9.17) is 4.74 Å². The van der Waals surface area contributed by atoms with Crippen molar-refractivity contribution in [3.63, 3.8) is 0 Å². The molecule has 2 fully saturated rings. The predicted molar refractivity (Wildman–Crippen MR) is 54.0 cm³/mol. The second-order valence-corrected chi connectivity index (χ2v) is 4.35. The van der Waals surface area contributed by atoms with Gasteiger partial charge in [0.25, 0.3) is 0 Å². The van der Waals surface area contributed by atoms with Crippen LogP contribution in [0.2, 0.25) is 0 Å². The van der Waals surface area contributed by atoms with Crippen LogP contribution in [-0.4, -0.2) is 37.1 Å². The molecule has 2 aliphatic rings. The number of carbonyl (C=O) groups excluding carboxylic acids is 1. The quantitative estimate of drug-likeness (QED) is 0.670. The van der Waals surface area contributed by atoms with Crippen molar-refractivity contribution >= 4 is 5.91 Å². The first-order valence-corrected chi connectivity index (χ1v) is 5.72. The summed E-state index contributed by atoms with van der Waals surface area (Å²) in [6.45, 7) is 3.67. The molecule has 2 rings (SSSR count). The van der Waals surface area contributed by atoms with E-state index in [1.165, 1.54) is 12.8 Å². The lowest BCUT2D eigenvalue weighted by atomic mass is 9.96. The van der Waals surface area contributed by atoms with E-state index in [1.54, 1.807) is 0 Å². The third-order valence-corrected chi connectivity index (χ3v) is 3.26. The average molecular weight is 197 g/mol. The summed E-state index contributed by atoms with van der Waals surface area (Å²) < 4.78 is 5.28. The van der Waals surface area contributed by atoms with Gasteiger partial charge in [0.05, 0.1) is 0 Å². The van der Waals surface area contributed by atoms with E-state index in [0.29, 0.717) is 11.8 Å². The minimum absolute atomic E-state index is 0.370. The van der Waals surface area contributed by atoms with Gasteiger partial charge in [-0.1, -0.05) is 0 Å². The fourth-order valence-electron chi connectivity index (χ4n) is 2.29. The van der Waals surface area contributed by atoms with E-state index in [-0.39, 0.29) is 0 Å². The third-order valence-electron chi connectivity index (χ3n) is 3.26. The molecule has 2 aliphatic heterocycles. The summed E-state index contributed by atoms with van der Waals surface area (Å²) >= 11 is 0. The molecular weight excluding hydrogens is 178 g/mol. The summed E-state index contributed by atoms with van der Waals surface area (Å²) in [5.74, 6) is 0.950. The van der Waals surface area contributed by atoms with Gasteiger partial charge in [0, 0.05) is 32.7 Å². The zero-order valence-electron chi connectivity index (χ0n) is 8.71. The number of nitrogens with zero attached hydrogens (tertiary/aromatic N) is 1. The summed E-state index contributed by atoms with van der Waals surface area (Å²) in [6.07, 6.45) is 5.28. The number of amides is 1. The number of carbonyl (C=O) groups is 1. The highest BCUT2D eigenvalue weighted by molar-refractivity contribution is 5.76. The Morgan fingerprint density at radius 2 is 1.86 bits per heavy atom. The first-order valence-electron chi connectivity index (χ1n) is 5.72. The molecule has 0 N–H and O–H groups in total. The molecule has 80 valence electrons. The van der Waals surface area contributed by atoms with Crippen molar-refractivity contribution in [3.8, 4) is 0 Å². The minimum Gasteiger partial charge on any atom is -0.381 e. The van der Waals surface area contributed by atoms with E-state index in [1.807, 2.05) is 4.90 Å². The molecule has 1 amide bonds. The smallest absolute Gasteiger partial charge is 0.222 e. The third kappa shape index (κ3) is 2.47. The molecule has 14 heavy (non-hydrogen) atoms. The van der Waals surface area contributed by atoms with Gasteiger partial charge >= 0.3 is 0 Å². The summed E-state index contributed by atoms with van der Waals surface area (Å²) in [6, 6.07) is 0. The van der Waals surface area contributed by atoms with Gasteiger partial charge in [0.1, 0.15) is 0 Å². The van der Waals surface area contributed by atoms with Crippen LogP contribution in [0.25, 0.3) is 0 Å². The maximum Gasteiger partial charge on any atom is 0.222 e. The standard InChI is InChI=1S/C11H19NO2/c13-11(12-5-1-2-6-12)9-10-3-7-14-8-4-10/h10H,1-9H2. The highest BCUT2D eigenvalue weighted by Gasteiger charge is 2.22. The lowest BCUT2D eigenvalue weighted by Crippen LogP contribution is -2.30. The second-order valence-electron chi connectivity index (χ2n) is 4.35. The molecule has 2 heterocycles. The highest BCUT2D eigenvalue weighted by atomic mass is 16.5. The van der Waals surface area contributed by atoms with Crippen LogP contribution in [-0.2, 0) is 9.53 Å². The van der Waals surface area contributed by atoms with Crippen molar-refractivity contribution in [1.82, 2.24) is 4.90 Å². The Balaban J connectivity index is 1.75. The molecule has 0 bridgehead atoms.